The Morgan fingerprint density at radius 1 is 1.20 bits per heavy atom. The summed E-state index contributed by atoms with van der Waals surface area (Å²) in [7, 11) is -2.26. The first-order valence-electron chi connectivity index (χ1n) is 9.16. The Hall–Kier alpha value is -2.17. The SMILES string of the molecule is COc1ccc(S(=O)(=O)N2CCOCC2)cc1NC(=O)c1sc2ccccc2c1Cl. The molecule has 0 saturated carbocycles. The van der Waals surface area contributed by atoms with Crippen LogP contribution in [0.4, 0.5) is 5.69 Å². The molecule has 1 amide bonds. The van der Waals surface area contributed by atoms with Gasteiger partial charge in [-0.2, -0.15) is 4.31 Å². The smallest absolute Gasteiger partial charge is 0.267 e. The zero-order valence-corrected chi connectivity index (χ0v) is 18.4. The number of amides is 1. The number of carbonyl (C=O) groups excluding carboxylic acids is 1. The van der Waals surface area contributed by atoms with E-state index in [0.29, 0.717) is 28.9 Å². The van der Waals surface area contributed by atoms with Crippen LogP contribution in [-0.4, -0.2) is 52.0 Å². The molecule has 0 radical (unpaired) electrons. The molecule has 1 aliphatic heterocycles. The molecule has 0 atom stereocenters. The summed E-state index contributed by atoms with van der Waals surface area (Å²) in [6.45, 7) is 1.27. The molecule has 1 aliphatic rings. The van der Waals surface area contributed by atoms with Crippen molar-refractivity contribution in [1.82, 2.24) is 4.31 Å². The van der Waals surface area contributed by atoms with Crippen LogP contribution in [0.1, 0.15) is 9.67 Å². The summed E-state index contributed by atoms with van der Waals surface area (Å²) in [5.41, 5.74) is 0.255. The molecule has 158 valence electrons. The Morgan fingerprint density at radius 2 is 1.93 bits per heavy atom. The van der Waals surface area contributed by atoms with Crippen molar-refractivity contribution in [3.63, 3.8) is 0 Å². The van der Waals surface area contributed by atoms with E-state index >= 15 is 0 Å². The summed E-state index contributed by atoms with van der Waals surface area (Å²) in [4.78, 5) is 13.3. The Balaban J connectivity index is 1.66. The zero-order chi connectivity index (χ0) is 21.3. The number of anilines is 1. The number of sulfonamides is 1. The third-order valence-electron chi connectivity index (χ3n) is 4.77. The fourth-order valence-corrected chi connectivity index (χ4v) is 6.07. The van der Waals surface area contributed by atoms with E-state index in [1.807, 2.05) is 24.3 Å². The lowest BCUT2D eigenvalue weighted by atomic mass is 10.2. The Kier molecular flexibility index (Phi) is 5.99. The highest BCUT2D eigenvalue weighted by Crippen LogP contribution is 2.36. The third-order valence-corrected chi connectivity index (χ3v) is 8.34. The molecule has 0 aliphatic carbocycles. The van der Waals surface area contributed by atoms with Gasteiger partial charge in [-0.1, -0.05) is 29.8 Å². The molecule has 10 heteroatoms. The van der Waals surface area contributed by atoms with Gasteiger partial charge in [0, 0.05) is 23.2 Å². The standard InChI is InChI=1S/C20H19ClN2O5S2/c1-27-16-7-6-13(30(25,26)23-8-10-28-11-9-23)12-15(16)22-20(24)19-18(21)14-4-2-3-5-17(14)29-19/h2-7,12H,8-11H2,1H3,(H,22,24). The highest BCUT2D eigenvalue weighted by Gasteiger charge is 2.27. The maximum absolute atomic E-state index is 13.0. The van der Waals surface area contributed by atoms with Crippen molar-refractivity contribution < 1.29 is 22.7 Å². The Labute approximate surface area is 183 Å². The maximum Gasteiger partial charge on any atom is 0.267 e. The number of carbonyl (C=O) groups is 1. The molecule has 1 N–H and O–H groups in total. The number of benzene rings is 2. The number of morpholine rings is 1. The monoisotopic (exact) mass is 466 g/mol. The van der Waals surface area contributed by atoms with Crippen LogP contribution in [0.2, 0.25) is 5.02 Å². The van der Waals surface area contributed by atoms with Crippen LogP contribution in [0.15, 0.2) is 47.4 Å². The van der Waals surface area contributed by atoms with Gasteiger partial charge in [0.15, 0.2) is 0 Å². The van der Waals surface area contributed by atoms with E-state index in [-0.39, 0.29) is 23.7 Å². The molecule has 0 spiro atoms. The van der Waals surface area contributed by atoms with Gasteiger partial charge in [-0.3, -0.25) is 4.79 Å². The van der Waals surface area contributed by atoms with Crippen molar-refractivity contribution in [3.8, 4) is 5.75 Å². The number of methoxy groups -OCH3 is 1. The summed E-state index contributed by atoms with van der Waals surface area (Å²) >= 11 is 7.67. The molecule has 30 heavy (non-hydrogen) atoms. The number of ether oxygens (including phenoxy) is 2. The molecular weight excluding hydrogens is 448 g/mol. The average molecular weight is 467 g/mol. The summed E-state index contributed by atoms with van der Waals surface area (Å²) in [6.07, 6.45) is 0. The predicted molar refractivity (Wildman–Crippen MR) is 117 cm³/mol. The summed E-state index contributed by atoms with van der Waals surface area (Å²) < 4.78 is 38.7. The molecule has 2 heterocycles. The van der Waals surface area contributed by atoms with Crippen LogP contribution < -0.4 is 10.1 Å². The quantitative estimate of drug-likeness (QED) is 0.617. The minimum absolute atomic E-state index is 0.0722. The minimum Gasteiger partial charge on any atom is -0.495 e. The van der Waals surface area contributed by atoms with Crippen molar-refractivity contribution in [3.05, 3.63) is 52.4 Å². The van der Waals surface area contributed by atoms with Crippen LogP contribution in [0.3, 0.4) is 0 Å². The fourth-order valence-electron chi connectivity index (χ4n) is 3.22. The van der Waals surface area contributed by atoms with Gasteiger partial charge in [0.05, 0.1) is 35.9 Å². The second-order valence-electron chi connectivity index (χ2n) is 6.57. The van der Waals surface area contributed by atoms with E-state index in [9.17, 15) is 13.2 Å². The molecule has 0 unspecified atom stereocenters. The number of nitrogens with zero attached hydrogens (tertiary/aromatic N) is 1. The van der Waals surface area contributed by atoms with Crippen molar-refractivity contribution in [2.24, 2.45) is 0 Å². The zero-order valence-electron chi connectivity index (χ0n) is 16.1. The number of nitrogens with one attached hydrogen (secondary N) is 1. The van der Waals surface area contributed by atoms with Gasteiger partial charge >= 0.3 is 0 Å². The van der Waals surface area contributed by atoms with E-state index in [1.165, 1.54) is 41.0 Å². The third kappa shape index (κ3) is 3.91. The topological polar surface area (TPSA) is 84.9 Å². The minimum atomic E-state index is -3.72. The predicted octanol–water partition coefficient (Wildman–Crippen LogP) is 3.84. The molecule has 4 rings (SSSR count). The second kappa shape index (κ2) is 8.52. The number of halogens is 1. The summed E-state index contributed by atoms with van der Waals surface area (Å²) in [6, 6.07) is 11.9. The first kappa shape index (κ1) is 21.1. The maximum atomic E-state index is 13.0. The van der Waals surface area contributed by atoms with Crippen LogP contribution in [0.5, 0.6) is 5.75 Å². The summed E-state index contributed by atoms with van der Waals surface area (Å²) in [5.74, 6) is -0.0815. The van der Waals surface area contributed by atoms with Crippen LogP contribution in [0, 0.1) is 0 Å². The Bertz CT molecular complexity index is 1200. The number of rotatable bonds is 5. The Morgan fingerprint density at radius 3 is 2.63 bits per heavy atom. The highest BCUT2D eigenvalue weighted by atomic mass is 35.5. The van der Waals surface area contributed by atoms with E-state index in [2.05, 4.69) is 5.32 Å². The number of hydrogen-bond donors (Lipinski definition) is 1. The van der Waals surface area contributed by atoms with E-state index < -0.39 is 15.9 Å². The lowest BCUT2D eigenvalue weighted by molar-refractivity contribution is 0.0730. The van der Waals surface area contributed by atoms with E-state index in [0.717, 1.165) is 10.1 Å². The van der Waals surface area contributed by atoms with Gasteiger partial charge in [0.2, 0.25) is 10.0 Å². The normalized spacial score (nSPS) is 15.3. The highest BCUT2D eigenvalue weighted by molar-refractivity contribution is 7.89. The van der Waals surface area contributed by atoms with Crippen LogP contribution >= 0.6 is 22.9 Å². The van der Waals surface area contributed by atoms with Gasteiger partial charge in [-0.25, -0.2) is 8.42 Å². The number of hydrogen-bond acceptors (Lipinski definition) is 6. The lowest BCUT2D eigenvalue weighted by Gasteiger charge is -2.26. The van der Waals surface area contributed by atoms with Crippen molar-refractivity contribution in [2.45, 2.75) is 4.90 Å². The van der Waals surface area contributed by atoms with E-state index in [4.69, 9.17) is 21.1 Å². The second-order valence-corrected chi connectivity index (χ2v) is 9.94. The number of fused-ring (bicyclic) bond motifs is 1. The number of thiophene rings is 1. The molecule has 1 aromatic heterocycles. The molecular formula is C20H19ClN2O5S2. The lowest BCUT2D eigenvalue weighted by Crippen LogP contribution is -2.40. The molecule has 3 aromatic rings. The van der Waals surface area contributed by atoms with Crippen LogP contribution in [0.25, 0.3) is 10.1 Å². The van der Waals surface area contributed by atoms with Gasteiger partial charge in [-0.15, -0.1) is 11.3 Å². The van der Waals surface area contributed by atoms with Gasteiger partial charge < -0.3 is 14.8 Å². The van der Waals surface area contributed by atoms with Crippen molar-refractivity contribution >= 4 is 54.6 Å². The van der Waals surface area contributed by atoms with Crippen molar-refractivity contribution in [2.75, 3.05) is 38.7 Å². The van der Waals surface area contributed by atoms with Gasteiger partial charge in [0.25, 0.3) is 5.91 Å². The molecule has 1 saturated heterocycles. The fraction of sp³-hybridized carbons (Fsp3) is 0.250. The van der Waals surface area contributed by atoms with Crippen LogP contribution in [-0.2, 0) is 14.8 Å². The van der Waals surface area contributed by atoms with E-state index in [1.54, 1.807) is 0 Å². The summed E-state index contributed by atoms with van der Waals surface area (Å²) in [5, 5.41) is 3.91. The largest absolute Gasteiger partial charge is 0.495 e. The molecule has 0 bridgehead atoms. The first-order valence-corrected chi connectivity index (χ1v) is 11.8. The average Bonchev–Trinajstić information content (AvgIpc) is 3.11. The van der Waals surface area contributed by atoms with Gasteiger partial charge in [-0.05, 0) is 24.3 Å². The van der Waals surface area contributed by atoms with Crippen molar-refractivity contribution in [1.29, 1.82) is 0 Å². The molecule has 2 aromatic carbocycles. The molecule has 7 nitrogen and oxygen atoms in total. The van der Waals surface area contributed by atoms with Gasteiger partial charge in [0.1, 0.15) is 10.6 Å². The molecule has 1 fully saturated rings. The first-order chi connectivity index (χ1) is 14.4.